The van der Waals surface area contributed by atoms with E-state index in [1.54, 1.807) is 0 Å². The van der Waals surface area contributed by atoms with E-state index in [9.17, 15) is 4.79 Å². The minimum Gasteiger partial charge on any atom is -0.477 e. The number of imidazole rings is 1. The molecule has 0 unspecified atom stereocenters. The second-order valence-corrected chi connectivity index (χ2v) is 5.41. The molecule has 4 nitrogen and oxygen atoms in total. The van der Waals surface area contributed by atoms with Gasteiger partial charge >= 0.3 is 5.97 Å². The number of rotatable bonds is 4. The van der Waals surface area contributed by atoms with Crippen LogP contribution in [0, 0.1) is 0 Å². The molecule has 1 aromatic rings. The second-order valence-electron chi connectivity index (χ2n) is 4.12. The van der Waals surface area contributed by atoms with Gasteiger partial charge in [0.15, 0.2) is 0 Å². The molecule has 16 heavy (non-hydrogen) atoms. The van der Waals surface area contributed by atoms with Crippen LogP contribution in [0.15, 0.2) is 6.20 Å². The zero-order valence-electron chi connectivity index (χ0n) is 9.11. The molecular formula is C11H16N2O2S. The molecule has 0 atom stereocenters. The Morgan fingerprint density at radius 1 is 1.50 bits per heavy atom. The summed E-state index contributed by atoms with van der Waals surface area (Å²) in [5.74, 6) is 0.618. The standard InChI is InChI=1S/C11H16N2O2S/c14-11(15)9-6-12-10(13-9)7-16-8-4-2-1-3-5-8/h6,8H,1-5,7H2,(H,12,13)(H,14,15). The zero-order chi connectivity index (χ0) is 11.4. The van der Waals surface area contributed by atoms with E-state index < -0.39 is 5.97 Å². The Kier molecular flexibility index (Phi) is 3.88. The van der Waals surface area contributed by atoms with Crippen molar-refractivity contribution in [2.75, 3.05) is 0 Å². The van der Waals surface area contributed by atoms with E-state index in [4.69, 9.17) is 5.11 Å². The van der Waals surface area contributed by atoms with E-state index in [-0.39, 0.29) is 5.69 Å². The molecule has 0 aliphatic heterocycles. The first-order valence-corrected chi connectivity index (χ1v) is 6.69. The normalized spacial score (nSPS) is 17.5. The molecule has 0 bridgehead atoms. The van der Waals surface area contributed by atoms with Crippen molar-refractivity contribution in [3.63, 3.8) is 0 Å². The van der Waals surface area contributed by atoms with E-state index in [0.717, 1.165) is 16.8 Å². The summed E-state index contributed by atoms with van der Waals surface area (Å²) in [7, 11) is 0. The first-order chi connectivity index (χ1) is 7.75. The third kappa shape index (κ3) is 3.01. The summed E-state index contributed by atoms with van der Waals surface area (Å²) in [6.07, 6.45) is 7.99. The van der Waals surface area contributed by atoms with Crippen molar-refractivity contribution in [3.8, 4) is 0 Å². The van der Waals surface area contributed by atoms with Crippen molar-refractivity contribution in [3.05, 3.63) is 17.7 Å². The predicted molar refractivity (Wildman–Crippen MR) is 63.7 cm³/mol. The number of thioether (sulfide) groups is 1. The Balaban J connectivity index is 1.81. The Morgan fingerprint density at radius 2 is 2.25 bits per heavy atom. The summed E-state index contributed by atoms with van der Waals surface area (Å²) >= 11 is 1.89. The summed E-state index contributed by atoms with van der Waals surface area (Å²) in [5, 5.41) is 9.47. The van der Waals surface area contributed by atoms with Gasteiger partial charge in [-0.3, -0.25) is 0 Å². The van der Waals surface area contributed by atoms with Gasteiger partial charge in [-0.05, 0) is 12.8 Å². The first-order valence-electron chi connectivity index (χ1n) is 5.64. The highest BCUT2D eigenvalue weighted by Crippen LogP contribution is 2.29. The highest BCUT2D eigenvalue weighted by atomic mass is 32.2. The summed E-state index contributed by atoms with van der Waals surface area (Å²) in [6.45, 7) is 0. The molecular weight excluding hydrogens is 224 g/mol. The van der Waals surface area contributed by atoms with Gasteiger partial charge in [0.1, 0.15) is 11.5 Å². The minimum absolute atomic E-state index is 0.180. The molecule has 1 heterocycles. The monoisotopic (exact) mass is 240 g/mol. The number of carbonyl (C=O) groups is 1. The number of hydrogen-bond donors (Lipinski definition) is 2. The zero-order valence-corrected chi connectivity index (χ0v) is 9.92. The Morgan fingerprint density at radius 3 is 2.88 bits per heavy atom. The molecule has 2 N–H and O–H groups in total. The van der Waals surface area contributed by atoms with Crippen molar-refractivity contribution in [1.82, 2.24) is 9.97 Å². The van der Waals surface area contributed by atoms with Crippen molar-refractivity contribution in [1.29, 1.82) is 0 Å². The average Bonchev–Trinajstić information content (AvgIpc) is 2.76. The molecule has 1 aliphatic carbocycles. The molecule has 88 valence electrons. The second kappa shape index (κ2) is 5.39. The van der Waals surface area contributed by atoms with Crippen LogP contribution >= 0.6 is 11.8 Å². The van der Waals surface area contributed by atoms with Crippen LogP contribution in [-0.4, -0.2) is 26.3 Å². The molecule has 1 aromatic heterocycles. The maximum Gasteiger partial charge on any atom is 0.353 e. The number of carboxylic acids is 1. The summed E-state index contributed by atoms with van der Waals surface area (Å²) in [5.41, 5.74) is 0.180. The number of aromatic amines is 1. The van der Waals surface area contributed by atoms with E-state index in [2.05, 4.69) is 9.97 Å². The van der Waals surface area contributed by atoms with Crippen LogP contribution in [0.25, 0.3) is 0 Å². The molecule has 0 amide bonds. The lowest BCUT2D eigenvalue weighted by Crippen LogP contribution is -2.08. The van der Waals surface area contributed by atoms with Gasteiger partial charge in [0.2, 0.25) is 0 Å². The highest BCUT2D eigenvalue weighted by Gasteiger charge is 2.15. The lowest BCUT2D eigenvalue weighted by molar-refractivity contribution is 0.0691. The molecule has 1 fully saturated rings. The van der Waals surface area contributed by atoms with E-state index in [0.29, 0.717) is 0 Å². The van der Waals surface area contributed by atoms with E-state index in [1.165, 1.54) is 38.3 Å². The van der Waals surface area contributed by atoms with Gasteiger partial charge in [-0.2, -0.15) is 11.8 Å². The fourth-order valence-electron chi connectivity index (χ4n) is 1.97. The average molecular weight is 240 g/mol. The summed E-state index contributed by atoms with van der Waals surface area (Å²) < 4.78 is 0. The third-order valence-corrected chi connectivity index (χ3v) is 4.25. The van der Waals surface area contributed by atoms with Crippen molar-refractivity contribution in [2.45, 2.75) is 43.1 Å². The molecule has 1 saturated carbocycles. The van der Waals surface area contributed by atoms with Crippen LogP contribution in [0.2, 0.25) is 0 Å². The quantitative estimate of drug-likeness (QED) is 0.849. The lowest BCUT2D eigenvalue weighted by Gasteiger charge is -2.20. The number of aromatic nitrogens is 2. The fourth-order valence-corrected chi connectivity index (χ4v) is 3.18. The predicted octanol–water partition coefficient (Wildman–Crippen LogP) is 2.67. The third-order valence-electron chi connectivity index (χ3n) is 2.87. The number of nitrogens with one attached hydrogen (secondary N) is 1. The van der Waals surface area contributed by atoms with Gasteiger partial charge in [0.05, 0.1) is 11.9 Å². The Bertz CT molecular complexity index is 359. The van der Waals surface area contributed by atoms with Crippen LogP contribution in [0.5, 0.6) is 0 Å². The molecule has 1 aliphatic rings. The van der Waals surface area contributed by atoms with E-state index >= 15 is 0 Å². The van der Waals surface area contributed by atoms with E-state index in [1.807, 2.05) is 11.8 Å². The largest absolute Gasteiger partial charge is 0.477 e. The van der Waals surface area contributed by atoms with Crippen molar-refractivity contribution >= 4 is 17.7 Å². The summed E-state index contributed by atoms with van der Waals surface area (Å²) in [4.78, 5) is 17.5. The van der Waals surface area contributed by atoms with Crippen LogP contribution in [-0.2, 0) is 5.75 Å². The van der Waals surface area contributed by atoms with Gasteiger partial charge in [-0.1, -0.05) is 19.3 Å². The molecule has 0 saturated heterocycles. The maximum atomic E-state index is 10.6. The van der Waals surface area contributed by atoms with Gasteiger partial charge in [-0.25, -0.2) is 9.78 Å². The number of carboxylic acid groups (broad SMARTS) is 1. The molecule has 0 spiro atoms. The maximum absolute atomic E-state index is 10.6. The van der Waals surface area contributed by atoms with Crippen molar-refractivity contribution < 1.29 is 9.90 Å². The Labute approximate surface area is 98.9 Å². The van der Waals surface area contributed by atoms with Crippen LogP contribution in [0.3, 0.4) is 0 Å². The molecule has 2 rings (SSSR count). The molecule has 0 radical (unpaired) electrons. The van der Waals surface area contributed by atoms with Gasteiger partial charge in [0.25, 0.3) is 0 Å². The molecule has 5 heteroatoms. The first kappa shape index (κ1) is 11.5. The number of aromatic carboxylic acids is 1. The SMILES string of the molecule is O=C(O)c1cnc(CSC2CCCCC2)[nH]1. The van der Waals surface area contributed by atoms with Gasteiger partial charge in [-0.15, -0.1) is 0 Å². The van der Waals surface area contributed by atoms with Crippen LogP contribution < -0.4 is 0 Å². The van der Waals surface area contributed by atoms with Crippen LogP contribution in [0.1, 0.15) is 48.4 Å². The van der Waals surface area contributed by atoms with Gasteiger partial charge < -0.3 is 10.1 Å². The molecule has 0 aromatic carbocycles. The highest BCUT2D eigenvalue weighted by molar-refractivity contribution is 7.99. The smallest absolute Gasteiger partial charge is 0.353 e. The Hall–Kier alpha value is -0.970. The van der Waals surface area contributed by atoms with Gasteiger partial charge in [0, 0.05) is 5.25 Å². The fraction of sp³-hybridized carbons (Fsp3) is 0.636. The topological polar surface area (TPSA) is 66.0 Å². The van der Waals surface area contributed by atoms with Crippen molar-refractivity contribution in [2.24, 2.45) is 0 Å². The summed E-state index contributed by atoms with van der Waals surface area (Å²) in [6, 6.07) is 0. The number of hydrogen-bond acceptors (Lipinski definition) is 3. The number of H-pyrrole nitrogens is 1. The number of nitrogens with zero attached hydrogens (tertiary/aromatic N) is 1. The minimum atomic E-state index is -0.943. The lowest BCUT2D eigenvalue weighted by atomic mass is 10.0. The van der Waals surface area contributed by atoms with Crippen LogP contribution in [0.4, 0.5) is 0 Å².